The van der Waals surface area contributed by atoms with Crippen molar-refractivity contribution in [3.63, 3.8) is 0 Å². The van der Waals surface area contributed by atoms with Crippen molar-refractivity contribution in [1.82, 2.24) is 14.3 Å². The van der Waals surface area contributed by atoms with Gasteiger partial charge in [-0.3, -0.25) is 0 Å². The molecule has 0 aliphatic carbocycles. The van der Waals surface area contributed by atoms with E-state index in [0.717, 1.165) is 10.0 Å². The van der Waals surface area contributed by atoms with Crippen LogP contribution in [-0.4, -0.2) is 48.9 Å². The van der Waals surface area contributed by atoms with Gasteiger partial charge in [-0.25, -0.2) is 18.4 Å². The summed E-state index contributed by atoms with van der Waals surface area (Å²) in [5.41, 5.74) is 0.744. The predicted octanol–water partition coefficient (Wildman–Crippen LogP) is 2.06. The van der Waals surface area contributed by atoms with Gasteiger partial charge in [-0.2, -0.15) is 4.31 Å². The van der Waals surface area contributed by atoms with E-state index in [1.165, 1.54) is 4.31 Å². The van der Waals surface area contributed by atoms with E-state index in [0.29, 0.717) is 37.0 Å². The minimum atomic E-state index is -3.47. The third-order valence-electron chi connectivity index (χ3n) is 3.83. The molecule has 0 radical (unpaired) electrons. The van der Waals surface area contributed by atoms with Crippen LogP contribution in [0.3, 0.4) is 0 Å². The maximum Gasteiger partial charge on any atom is 0.243 e. The summed E-state index contributed by atoms with van der Waals surface area (Å²) in [7, 11) is -3.47. The molecule has 6 nitrogen and oxygen atoms in total. The van der Waals surface area contributed by atoms with Crippen LogP contribution >= 0.6 is 15.9 Å². The van der Waals surface area contributed by atoms with Gasteiger partial charge in [0.1, 0.15) is 0 Å². The number of benzene rings is 1. The van der Waals surface area contributed by atoms with Crippen LogP contribution in [0, 0.1) is 6.92 Å². The van der Waals surface area contributed by atoms with Crippen LogP contribution in [0.2, 0.25) is 0 Å². The molecule has 1 aliphatic rings. The molecular weight excluding hydrogens is 380 g/mol. The average Bonchev–Trinajstić information content (AvgIpc) is 2.55. The van der Waals surface area contributed by atoms with Gasteiger partial charge in [-0.15, -0.1) is 0 Å². The third-order valence-corrected chi connectivity index (χ3v) is 6.38. The zero-order chi connectivity index (χ0) is 16.4. The van der Waals surface area contributed by atoms with Gasteiger partial charge in [0.05, 0.1) is 4.90 Å². The minimum Gasteiger partial charge on any atom is -0.338 e. The molecular formula is C15H17BrN4O2S. The second-order valence-electron chi connectivity index (χ2n) is 5.35. The van der Waals surface area contributed by atoms with E-state index in [1.807, 2.05) is 17.9 Å². The molecule has 0 spiro atoms. The summed E-state index contributed by atoms with van der Waals surface area (Å²) < 4.78 is 28.1. The van der Waals surface area contributed by atoms with Crippen molar-refractivity contribution in [1.29, 1.82) is 0 Å². The Labute approximate surface area is 144 Å². The molecule has 1 saturated heterocycles. The Morgan fingerprint density at radius 3 is 2.35 bits per heavy atom. The van der Waals surface area contributed by atoms with Crippen LogP contribution in [0.15, 0.2) is 46.0 Å². The zero-order valence-electron chi connectivity index (χ0n) is 12.7. The summed E-state index contributed by atoms with van der Waals surface area (Å²) in [5, 5.41) is 0. The predicted molar refractivity (Wildman–Crippen MR) is 91.9 cm³/mol. The summed E-state index contributed by atoms with van der Waals surface area (Å²) in [6.45, 7) is 3.83. The van der Waals surface area contributed by atoms with Crippen LogP contribution in [0.5, 0.6) is 0 Å². The van der Waals surface area contributed by atoms with Crippen molar-refractivity contribution in [2.75, 3.05) is 31.1 Å². The normalized spacial score (nSPS) is 16.5. The average molecular weight is 397 g/mol. The maximum atomic E-state index is 12.8. The Morgan fingerprint density at radius 1 is 1.09 bits per heavy atom. The van der Waals surface area contributed by atoms with Gasteiger partial charge in [0.15, 0.2) is 0 Å². The van der Waals surface area contributed by atoms with E-state index < -0.39 is 10.0 Å². The molecule has 0 N–H and O–H groups in total. The number of anilines is 1. The minimum absolute atomic E-state index is 0.366. The maximum absolute atomic E-state index is 12.8. The standard InChI is InChI=1S/C15H17BrN4O2S/c1-12-11-13(16)3-4-14(12)23(21,22)20-9-7-19(8-10-20)15-17-5-2-6-18-15/h2-6,11H,7-10H2,1H3. The van der Waals surface area contributed by atoms with Crippen LogP contribution in [0.25, 0.3) is 0 Å². The molecule has 0 bridgehead atoms. The number of piperazine rings is 1. The van der Waals surface area contributed by atoms with Crippen LogP contribution in [-0.2, 0) is 10.0 Å². The fraction of sp³-hybridized carbons (Fsp3) is 0.333. The first-order valence-electron chi connectivity index (χ1n) is 7.27. The molecule has 1 aromatic heterocycles. The molecule has 1 fully saturated rings. The highest BCUT2D eigenvalue weighted by atomic mass is 79.9. The molecule has 2 aromatic rings. The van der Waals surface area contributed by atoms with Gasteiger partial charge in [0.25, 0.3) is 0 Å². The van der Waals surface area contributed by atoms with Crippen molar-refractivity contribution in [2.24, 2.45) is 0 Å². The van der Waals surface area contributed by atoms with E-state index in [4.69, 9.17) is 0 Å². The molecule has 0 amide bonds. The van der Waals surface area contributed by atoms with Crippen molar-refractivity contribution < 1.29 is 8.42 Å². The number of aromatic nitrogens is 2. The summed E-state index contributed by atoms with van der Waals surface area (Å²) in [6, 6.07) is 7.00. The molecule has 3 rings (SSSR count). The molecule has 1 aliphatic heterocycles. The zero-order valence-corrected chi connectivity index (χ0v) is 15.1. The van der Waals surface area contributed by atoms with Gasteiger partial charge >= 0.3 is 0 Å². The first kappa shape index (κ1) is 16.4. The molecule has 0 saturated carbocycles. The number of nitrogens with zero attached hydrogens (tertiary/aromatic N) is 4. The lowest BCUT2D eigenvalue weighted by atomic mass is 10.2. The number of hydrogen-bond acceptors (Lipinski definition) is 5. The number of sulfonamides is 1. The Morgan fingerprint density at radius 2 is 1.74 bits per heavy atom. The molecule has 2 heterocycles. The fourth-order valence-electron chi connectivity index (χ4n) is 2.62. The van der Waals surface area contributed by atoms with E-state index in [1.54, 1.807) is 30.6 Å². The Kier molecular flexibility index (Phi) is 4.65. The highest BCUT2D eigenvalue weighted by Gasteiger charge is 2.30. The SMILES string of the molecule is Cc1cc(Br)ccc1S(=O)(=O)N1CCN(c2ncccn2)CC1. The fourth-order valence-corrected chi connectivity index (χ4v) is 4.73. The largest absolute Gasteiger partial charge is 0.338 e. The van der Waals surface area contributed by atoms with Crippen molar-refractivity contribution >= 4 is 31.9 Å². The summed E-state index contributed by atoms with van der Waals surface area (Å²) in [6.07, 6.45) is 3.38. The molecule has 122 valence electrons. The third kappa shape index (κ3) is 3.39. The molecule has 0 unspecified atom stereocenters. The quantitative estimate of drug-likeness (QED) is 0.793. The highest BCUT2D eigenvalue weighted by molar-refractivity contribution is 9.10. The lowest BCUT2D eigenvalue weighted by Gasteiger charge is -2.34. The van der Waals surface area contributed by atoms with Crippen molar-refractivity contribution in [3.8, 4) is 0 Å². The summed E-state index contributed by atoms with van der Waals surface area (Å²) in [5.74, 6) is 0.643. The number of halogens is 1. The smallest absolute Gasteiger partial charge is 0.243 e. The number of rotatable bonds is 3. The Balaban J connectivity index is 1.76. The Bertz CT molecular complexity index is 790. The van der Waals surface area contributed by atoms with Gasteiger partial charge in [0.2, 0.25) is 16.0 Å². The lowest BCUT2D eigenvalue weighted by molar-refractivity contribution is 0.382. The molecule has 23 heavy (non-hydrogen) atoms. The number of aryl methyl sites for hydroxylation is 1. The van der Waals surface area contributed by atoms with E-state index in [9.17, 15) is 8.42 Å². The van der Waals surface area contributed by atoms with Crippen LogP contribution < -0.4 is 4.90 Å². The first-order valence-corrected chi connectivity index (χ1v) is 9.50. The van der Waals surface area contributed by atoms with Gasteiger partial charge in [-0.1, -0.05) is 15.9 Å². The monoisotopic (exact) mass is 396 g/mol. The van der Waals surface area contributed by atoms with Crippen LogP contribution in [0.4, 0.5) is 5.95 Å². The van der Waals surface area contributed by atoms with E-state index in [2.05, 4.69) is 25.9 Å². The lowest BCUT2D eigenvalue weighted by Crippen LogP contribution is -2.49. The second kappa shape index (κ2) is 6.54. The van der Waals surface area contributed by atoms with Gasteiger partial charge in [0, 0.05) is 43.0 Å². The molecule has 1 aromatic carbocycles. The summed E-state index contributed by atoms with van der Waals surface area (Å²) >= 11 is 3.36. The second-order valence-corrected chi connectivity index (χ2v) is 8.17. The molecule has 0 atom stereocenters. The summed E-state index contributed by atoms with van der Waals surface area (Å²) in [4.78, 5) is 10.8. The highest BCUT2D eigenvalue weighted by Crippen LogP contribution is 2.24. The van der Waals surface area contributed by atoms with Crippen LogP contribution in [0.1, 0.15) is 5.56 Å². The van der Waals surface area contributed by atoms with Gasteiger partial charge < -0.3 is 4.90 Å². The topological polar surface area (TPSA) is 66.4 Å². The van der Waals surface area contributed by atoms with Crippen molar-refractivity contribution in [3.05, 3.63) is 46.7 Å². The number of hydrogen-bond donors (Lipinski definition) is 0. The van der Waals surface area contributed by atoms with Crippen molar-refractivity contribution in [2.45, 2.75) is 11.8 Å². The first-order chi connectivity index (χ1) is 11.0. The van der Waals surface area contributed by atoms with E-state index in [-0.39, 0.29) is 0 Å². The Hall–Kier alpha value is -1.51. The molecule has 8 heteroatoms. The van der Waals surface area contributed by atoms with E-state index >= 15 is 0 Å². The van der Waals surface area contributed by atoms with Gasteiger partial charge in [-0.05, 0) is 36.8 Å².